The van der Waals surface area contributed by atoms with Crippen LogP contribution >= 0.6 is 0 Å². The quantitative estimate of drug-likeness (QED) is 0.802. The number of sulfonamides is 1. The smallest absolute Gasteiger partial charge is 0.211 e. The number of hydrogen-bond acceptors (Lipinski definition) is 4. The highest BCUT2D eigenvalue weighted by Gasteiger charge is 2.28. The van der Waals surface area contributed by atoms with Crippen LogP contribution in [0.4, 0.5) is 0 Å². The third-order valence-electron chi connectivity index (χ3n) is 2.24. The minimum atomic E-state index is -3.36. The van der Waals surface area contributed by atoms with Crippen molar-refractivity contribution in [1.29, 1.82) is 0 Å². The summed E-state index contributed by atoms with van der Waals surface area (Å²) < 4.78 is 30.6. The Hall–Kier alpha value is -0.850. The summed E-state index contributed by atoms with van der Waals surface area (Å²) in [5.41, 5.74) is -1.34. The van der Waals surface area contributed by atoms with Gasteiger partial charge in [-0.05, 0) is 25.0 Å². The summed E-state index contributed by atoms with van der Waals surface area (Å²) in [5, 5.41) is 10.1. The SMILES string of the molecule is CC(C)CS(=O)(=O)NC[C@@](C)(O)c1ccco1. The van der Waals surface area contributed by atoms with Crippen LogP contribution in [-0.4, -0.2) is 25.8 Å². The van der Waals surface area contributed by atoms with E-state index in [-0.39, 0.29) is 18.2 Å². The second kappa shape index (κ2) is 5.20. The molecule has 1 aromatic heterocycles. The van der Waals surface area contributed by atoms with E-state index >= 15 is 0 Å². The zero-order valence-corrected chi connectivity index (χ0v) is 11.1. The second-order valence-corrected chi connectivity index (χ2v) is 6.60. The highest BCUT2D eigenvalue weighted by molar-refractivity contribution is 7.89. The van der Waals surface area contributed by atoms with E-state index in [2.05, 4.69) is 4.72 Å². The van der Waals surface area contributed by atoms with Crippen LogP contribution in [0.15, 0.2) is 22.8 Å². The van der Waals surface area contributed by atoms with Crippen LogP contribution in [0.25, 0.3) is 0 Å². The van der Waals surface area contributed by atoms with Gasteiger partial charge in [-0.1, -0.05) is 13.8 Å². The molecule has 0 aliphatic heterocycles. The number of nitrogens with one attached hydrogen (secondary N) is 1. The number of furan rings is 1. The van der Waals surface area contributed by atoms with Crippen molar-refractivity contribution < 1.29 is 17.9 Å². The Balaban J connectivity index is 2.62. The molecular formula is C11H19NO4S. The van der Waals surface area contributed by atoms with Crippen LogP contribution < -0.4 is 4.72 Å². The maximum absolute atomic E-state index is 11.6. The van der Waals surface area contributed by atoms with Gasteiger partial charge in [-0.15, -0.1) is 0 Å². The molecule has 1 aromatic rings. The van der Waals surface area contributed by atoms with E-state index in [1.165, 1.54) is 13.2 Å². The van der Waals surface area contributed by atoms with E-state index in [0.29, 0.717) is 5.76 Å². The van der Waals surface area contributed by atoms with Crippen LogP contribution in [0, 0.1) is 5.92 Å². The molecule has 0 spiro atoms. The largest absolute Gasteiger partial charge is 0.466 e. The first kappa shape index (κ1) is 14.2. The Bertz CT molecular complexity index is 434. The lowest BCUT2D eigenvalue weighted by Gasteiger charge is -2.21. The molecule has 6 heteroatoms. The standard InChI is InChI=1S/C11H19NO4S/c1-9(2)7-17(14,15)12-8-11(3,13)10-5-4-6-16-10/h4-6,9,12-13H,7-8H2,1-3H3/t11-/m1/s1. The summed E-state index contributed by atoms with van der Waals surface area (Å²) in [6, 6.07) is 3.25. The van der Waals surface area contributed by atoms with E-state index in [9.17, 15) is 13.5 Å². The van der Waals surface area contributed by atoms with Gasteiger partial charge in [0.1, 0.15) is 11.4 Å². The van der Waals surface area contributed by atoms with E-state index in [0.717, 1.165) is 0 Å². The average molecular weight is 261 g/mol. The van der Waals surface area contributed by atoms with E-state index in [1.54, 1.807) is 12.1 Å². The zero-order chi connectivity index (χ0) is 13.1. The minimum Gasteiger partial charge on any atom is -0.466 e. The Labute approximate surface area is 102 Å². The molecule has 0 aromatic carbocycles. The maximum atomic E-state index is 11.6. The highest BCUT2D eigenvalue weighted by Crippen LogP contribution is 2.20. The summed E-state index contributed by atoms with van der Waals surface area (Å²) in [7, 11) is -3.36. The molecule has 0 unspecified atom stereocenters. The molecule has 1 atom stereocenters. The first-order chi connectivity index (χ1) is 7.73. The Morgan fingerprint density at radius 1 is 1.53 bits per heavy atom. The van der Waals surface area contributed by atoms with Gasteiger partial charge in [0.05, 0.1) is 12.0 Å². The topological polar surface area (TPSA) is 79.5 Å². The highest BCUT2D eigenvalue weighted by atomic mass is 32.2. The zero-order valence-electron chi connectivity index (χ0n) is 10.3. The molecule has 2 N–H and O–H groups in total. The van der Waals surface area contributed by atoms with Crippen molar-refractivity contribution in [3.63, 3.8) is 0 Å². The molecule has 1 heterocycles. The molecule has 0 amide bonds. The van der Waals surface area contributed by atoms with E-state index in [1.807, 2.05) is 13.8 Å². The lowest BCUT2D eigenvalue weighted by Crippen LogP contribution is -2.40. The third kappa shape index (κ3) is 4.49. The summed E-state index contributed by atoms with van der Waals surface area (Å²) in [4.78, 5) is 0. The molecular weight excluding hydrogens is 242 g/mol. The van der Waals surface area contributed by atoms with Gasteiger partial charge >= 0.3 is 0 Å². The molecule has 0 radical (unpaired) electrons. The van der Waals surface area contributed by atoms with Gasteiger partial charge < -0.3 is 9.52 Å². The van der Waals surface area contributed by atoms with Gasteiger partial charge in [-0.2, -0.15) is 0 Å². The monoisotopic (exact) mass is 261 g/mol. The lowest BCUT2D eigenvalue weighted by atomic mass is 10.1. The summed E-state index contributed by atoms with van der Waals surface area (Å²) >= 11 is 0. The predicted molar refractivity (Wildman–Crippen MR) is 64.9 cm³/mol. The summed E-state index contributed by atoms with van der Waals surface area (Å²) in [5.74, 6) is 0.423. The Kier molecular flexibility index (Phi) is 4.35. The van der Waals surface area contributed by atoms with Crippen LogP contribution in [0.3, 0.4) is 0 Å². The van der Waals surface area contributed by atoms with Gasteiger partial charge in [-0.25, -0.2) is 13.1 Å². The van der Waals surface area contributed by atoms with Crippen molar-refractivity contribution in [2.24, 2.45) is 5.92 Å². The average Bonchev–Trinajstić information content (AvgIpc) is 2.66. The predicted octanol–water partition coefficient (Wildman–Crippen LogP) is 1.06. The first-order valence-electron chi connectivity index (χ1n) is 5.46. The van der Waals surface area contributed by atoms with Crippen molar-refractivity contribution >= 4 is 10.0 Å². The van der Waals surface area contributed by atoms with Crippen LogP contribution in [0.2, 0.25) is 0 Å². The van der Waals surface area contributed by atoms with Gasteiger partial charge in [0, 0.05) is 6.54 Å². The molecule has 98 valence electrons. The minimum absolute atomic E-state index is 0.0426. The number of rotatable bonds is 6. The fourth-order valence-electron chi connectivity index (χ4n) is 1.42. The van der Waals surface area contributed by atoms with Crippen molar-refractivity contribution in [3.05, 3.63) is 24.2 Å². The number of aliphatic hydroxyl groups is 1. The Morgan fingerprint density at radius 3 is 2.65 bits per heavy atom. The fraction of sp³-hybridized carbons (Fsp3) is 0.636. The van der Waals surface area contributed by atoms with Crippen molar-refractivity contribution in [3.8, 4) is 0 Å². The van der Waals surface area contributed by atoms with Gasteiger partial charge in [0.2, 0.25) is 10.0 Å². The molecule has 5 nitrogen and oxygen atoms in total. The van der Waals surface area contributed by atoms with Crippen molar-refractivity contribution in [2.75, 3.05) is 12.3 Å². The van der Waals surface area contributed by atoms with Crippen molar-refractivity contribution in [1.82, 2.24) is 4.72 Å². The second-order valence-electron chi connectivity index (χ2n) is 4.75. The Morgan fingerprint density at radius 2 is 2.18 bits per heavy atom. The first-order valence-corrected chi connectivity index (χ1v) is 7.12. The molecule has 17 heavy (non-hydrogen) atoms. The van der Waals surface area contributed by atoms with E-state index < -0.39 is 15.6 Å². The fourth-order valence-corrected chi connectivity index (χ4v) is 2.92. The maximum Gasteiger partial charge on any atom is 0.211 e. The van der Waals surface area contributed by atoms with Crippen LogP contribution in [0.1, 0.15) is 26.5 Å². The van der Waals surface area contributed by atoms with Gasteiger partial charge in [0.15, 0.2) is 0 Å². The molecule has 0 fully saturated rings. The summed E-state index contributed by atoms with van der Waals surface area (Å²) in [6.45, 7) is 5.05. The number of hydrogen-bond donors (Lipinski definition) is 2. The van der Waals surface area contributed by atoms with Gasteiger partial charge in [-0.3, -0.25) is 0 Å². The van der Waals surface area contributed by atoms with Crippen LogP contribution in [-0.2, 0) is 15.6 Å². The molecule has 0 bridgehead atoms. The molecule has 0 saturated heterocycles. The molecule has 1 rings (SSSR count). The third-order valence-corrected chi connectivity index (χ3v) is 3.93. The molecule has 0 aliphatic rings. The van der Waals surface area contributed by atoms with Crippen LogP contribution in [0.5, 0.6) is 0 Å². The van der Waals surface area contributed by atoms with Gasteiger partial charge in [0.25, 0.3) is 0 Å². The van der Waals surface area contributed by atoms with E-state index in [4.69, 9.17) is 4.42 Å². The lowest BCUT2D eigenvalue weighted by molar-refractivity contribution is 0.0395. The molecule has 0 aliphatic carbocycles. The van der Waals surface area contributed by atoms with Crippen molar-refractivity contribution in [2.45, 2.75) is 26.4 Å². The molecule has 0 saturated carbocycles. The normalized spacial score (nSPS) is 16.1. The summed E-state index contributed by atoms with van der Waals surface area (Å²) in [6.07, 6.45) is 1.44.